The van der Waals surface area contributed by atoms with E-state index in [0.29, 0.717) is 41.7 Å². The smallest absolute Gasteiger partial charge is 0.226 e. The first-order valence-electron chi connectivity index (χ1n) is 11.9. The molecule has 0 bridgehead atoms. The summed E-state index contributed by atoms with van der Waals surface area (Å²) in [6, 6.07) is 7.43. The van der Waals surface area contributed by atoms with E-state index in [1.165, 1.54) is 11.3 Å². The number of nitrogens with zero attached hydrogens (tertiary/aromatic N) is 2. The van der Waals surface area contributed by atoms with Crippen LogP contribution in [0.5, 0.6) is 0 Å². The number of carbonyl (C=O) groups excluding carboxylic acids is 2. The van der Waals surface area contributed by atoms with Gasteiger partial charge < -0.3 is 15.5 Å². The second-order valence-corrected chi connectivity index (χ2v) is 11.9. The molecule has 35 heavy (non-hydrogen) atoms. The van der Waals surface area contributed by atoms with Crippen LogP contribution in [0.1, 0.15) is 76.5 Å². The number of hydrogen-bond acceptors (Lipinski definition) is 8. The maximum Gasteiger partial charge on any atom is 0.226 e. The summed E-state index contributed by atoms with van der Waals surface area (Å²) in [7, 11) is 0. The highest BCUT2D eigenvalue weighted by Gasteiger charge is 2.19. The van der Waals surface area contributed by atoms with Gasteiger partial charge in [0.15, 0.2) is 5.13 Å². The van der Waals surface area contributed by atoms with Crippen LogP contribution in [0, 0.1) is 0 Å². The molecule has 7 nitrogen and oxygen atoms in total. The zero-order valence-electron chi connectivity index (χ0n) is 20.6. The summed E-state index contributed by atoms with van der Waals surface area (Å²) in [6.45, 7) is 6.27. The van der Waals surface area contributed by atoms with Crippen molar-refractivity contribution in [2.45, 2.75) is 81.1 Å². The lowest BCUT2D eigenvalue weighted by molar-refractivity contribution is -0.118. The van der Waals surface area contributed by atoms with E-state index in [0.717, 1.165) is 41.2 Å². The lowest BCUT2D eigenvalue weighted by Crippen LogP contribution is -2.10. The topological polar surface area (TPSA) is 111 Å². The Hall–Kier alpha value is -2.65. The summed E-state index contributed by atoms with van der Waals surface area (Å²) in [5.41, 5.74) is 7.31. The summed E-state index contributed by atoms with van der Waals surface area (Å²) < 4.78 is 6.82. The molecule has 2 heterocycles. The van der Waals surface area contributed by atoms with Crippen LogP contribution in [0.3, 0.4) is 0 Å². The molecule has 0 aliphatic rings. The molecule has 188 valence electrons. The van der Waals surface area contributed by atoms with Gasteiger partial charge in [-0.15, -0.1) is 11.8 Å². The highest BCUT2D eigenvalue weighted by atomic mass is 32.2. The minimum atomic E-state index is -0.0620. The summed E-state index contributed by atoms with van der Waals surface area (Å²) >= 11 is 3.04. The molecule has 0 saturated heterocycles. The molecule has 3 aromatic rings. The number of hydrogen-bond donors (Lipinski definition) is 2. The minimum absolute atomic E-state index is 0.0298. The molecule has 3 N–H and O–H groups in total. The van der Waals surface area contributed by atoms with E-state index in [9.17, 15) is 9.59 Å². The maximum atomic E-state index is 12.2. The Balaban J connectivity index is 1.27. The number of amides is 1. The Bertz CT molecular complexity index is 1100. The first kappa shape index (κ1) is 26.9. The number of nitrogens with one attached hydrogen (secondary N) is 1. The van der Waals surface area contributed by atoms with E-state index in [1.54, 1.807) is 24.2 Å². The predicted molar refractivity (Wildman–Crippen MR) is 143 cm³/mol. The van der Waals surface area contributed by atoms with Gasteiger partial charge in [-0.1, -0.05) is 57.1 Å². The third kappa shape index (κ3) is 9.49. The second-order valence-electron chi connectivity index (χ2n) is 9.56. The van der Waals surface area contributed by atoms with E-state index in [2.05, 4.69) is 36.1 Å². The number of anilines is 2. The van der Waals surface area contributed by atoms with Crippen molar-refractivity contribution in [2.24, 2.45) is 0 Å². The molecule has 0 radical (unpaired) electrons. The zero-order valence-corrected chi connectivity index (χ0v) is 22.3. The van der Waals surface area contributed by atoms with Gasteiger partial charge >= 0.3 is 0 Å². The Labute approximate surface area is 215 Å². The normalized spacial score (nSPS) is 11.5. The number of oxazole rings is 1. The fraction of sp³-hybridized carbons (Fsp3) is 0.462. The monoisotopic (exact) mass is 514 g/mol. The van der Waals surface area contributed by atoms with Crippen molar-refractivity contribution in [1.29, 1.82) is 0 Å². The number of ketones is 1. The molecule has 9 heteroatoms. The van der Waals surface area contributed by atoms with Gasteiger partial charge in [-0.25, -0.2) is 9.97 Å². The van der Waals surface area contributed by atoms with Crippen LogP contribution in [0.2, 0.25) is 0 Å². The summed E-state index contributed by atoms with van der Waals surface area (Å²) in [5.74, 6) is 2.38. The average Bonchev–Trinajstić information content (AvgIpc) is 3.46. The van der Waals surface area contributed by atoms with Gasteiger partial charge in [0.25, 0.3) is 0 Å². The fourth-order valence-electron chi connectivity index (χ4n) is 3.34. The highest BCUT2D eigenvalue weighted by Crippen LogP contribution is 2.31. The van der Waals surface area contributed by atoms with Crippen molar-refractivity contribution in [1.82, 2.24) is 9.97 Å². The van der Waals surface area contributed by atoms with Crippen LogP contribution < -0.4 is 11.1 Å². The van der Waals surface area contributed by atoms with Gasteiger partial charge in [0.2, 0.25) is 11.8 Å². The highest BCUT2D eigenvalue weighted by molar-refractivity contribution is 8.00. The van der Waals surface area contributed by atoms with Crippen LogP contribution in [0.15, 0.2) is 45.3 Å². The van der Waals surface area contributed by atoms with E-state index in [-0.39, 0.29) is 17.1 Å². The van der Waals surface area contributed by atoms with Crippen LogP contribution in [-0.2, 0) is 27.2 Å². The zero-order chi connectivity index (χ0) is 25.3. The SMILES string of the molecule is CC(C)(C)c1cnc(CSc2cnc(NC(=O)CCCCCCC(=O)Cc3ccc(N)cc3)s2)o1. The summed E-state index contributed by atoms with van der Waals surface area (Å²) in [5, 5.41) is 3.48. The molecule has 1 aromatic carbocycles. The third-order valence-electron chi connectivity index (χ3n) is 5.35. The Kier molecular flexibility index (Phi) is 9.92. The molecule has 3 rings (SSSR count). The first-order valence-corrected chi connectivity index (χ1v) is 13.7. The molecule has 0 aliphatic heterocycles. The molecule has 0 aliphatic carbocycles. The van der Waals surface area contributed by atoms with Crippen molar-refractivity contribution >= 4 is 45.6 Å². The summed E-state index contributed by atoms with van der Waals surface area (Å²) in [4.78, 5) is 33.0. The number of benzene rings is 1. The van der Waals surface area contributed by atoms with Crippen molar-refractivity contribution in [3.8, 4) is 0 Å². The number of thiazole rings is 1. The van der Waals surface area contributed by atoms with Gasteiger partial charge in [-0.3, -0.25) is 9.59 Å². The molecule has 0 spiro atoms. The predicted octanol–water partition coefficient (Wildman–Crippen LogP) is 6.39. The van der Waals surface area contributed by atoms with Crippen molar-refractivity contribution in [3.05, 3.63) is 53.9 Å². The molecule has 0 atom stereocenters. The van der Waals surface area contributed by atoms with Crippen molar-refractivity contribution in [3.63, 3.8) is 0 Å². The number of Topliss-reactive ketones (excluding diaryl/α,β-unsaturated/α-hetero) is 1. The second kappa shape index (κ2) is 12.9. The minimum Gasteiger partial charge on any atom is -0.444 e. The van der Waals surface area contributed by atoms with Gasteiger partial charge in [0.05, 0.1) is 22.4 Å². The number of rotatable bonds is 13. The number of aromatic nitrogens is 2. The van der Waals surface area contributed by atoms with Gasteiger partial charge in [0.1, 0.15) is 11.5 Å². The Morgan fingerprint density at radius 3 is 2.43 bits per heavy atom. The van der Waals surface area contributed by atoms with E-state index in [4.69, 9.17) is 10.2 Å². The Morgan fingerprint density at radius 2 is 1.74 bits per heavy atom. The summed E-state index contributed by atoms with van der Waals surface area (Å²) in [6.07, 6.45) is 8.54. The molecule has 1 amide bonds. The van der Waals surface area contributed by atoms with Gasteiger partial charge in [-0.2, -0.15) is 0 Å². The maximum absolute atomic E-state index is 12.2. The quantitative estimate of drug-likeness (QED) is 0.154. The van der Waals surface area contributed by atoms with Crippen molar-refractivity contribution < 1.29 is 14.0 Å². The fourth-order valence-corrected chi connectivity index (χ4v) is 5.08. The average molecular weight is 515 g/mol. The van der Waals surface area contributed by atoms with E-state index >= 15 is 0 Å². The van der Waals surface area contributed by atoms with Crippen molar-refractivity contribution in [2.75, 3.05) is 11.1 Å². The number of nitrogens with two attached hydrogens (primary N) is 1. The van der Waals surface area contributed by atoms with E-state index in [1.807, 2.05) is 24.3 Å². The Morgan fingerprint density at radius 1 is 1.03 bits per heavy atom. The van der Waals surface area contributed by atoms with Crippen LogP contribution >= 0.6 is 23.1 Å². The van der Waals surface area contributed by atoms with Gasteiger partial charge in [-0.05, 0) is 30.5 Å². The number of unbranched alkanes of at least 4 members (excludes halogenated alkanes) is 3. The standard InChI is InChI=1S/C26H34N4O3S2/c1-26(2,3)21-15-28-23(33-21)17-34-24-16-29-25(35-24)30-22(32)9-7-5-4-6-8-20(31)14-18-10-12-19(27)13-11-18/h10-13,15-16H,4-9,14,17,27H2,1-3H3,(H,29,30,32). The van der Waals surface area contributed by atoms with Crippen LogP contribution in [0.4, 0.5) is 10.8 Å². The molecular formula is C26H34N4O3S2. The van der Waals surface area contributed by atoms with Gasteiger partial charge in [0, 0.05) is 30.4 Å². The van der Waals surface area contributed by atoms with Crippen LogP contribution in [-0.4, -0.2) is 21.7 Å². The largest absolute Gasteiger partial charge is 0.444 e. The lowest BCUT2D eigenvalue weighted by Gasteiger charge is -2.12. The molecule has 0 unspecified atom stereocenters. The molecule has 0 saturated carbocycles. The number of thioether (sulfide) groups is 1. The van der Waals surface area contributed by atoms with E-state index < -0.39 is 0 Å². The third-order valence-corrected chi connectivity index (χ3v) is 7.44. The number of nitrogen functional groups attached to an aromatic ring is 1. The molecular weight excluding hydrogens is 480 g/mol. The lowest BCUT2D eigenvalue weighted by atomic mass is 9.94. The molecule has 2 aromatic heterocycles. The first-order chi connectivity index (χ1) is 16.7. The van der Waals surface area contributed by atoms with Crippen LogP contribution in [0.25, 0.3) is 0 Å². The molecule has 0 fully saturated rings. The number of carbonyl (C=O) groups is 2.